The van der Waals surface area contributed by atoms with Crippen LogP contribution in [-0.4, -0.2) is 16.8 Å². The van der Waals surface area contributed by atoms with Crippen LogP contribution in [0.25, 0.3) is 0 Å². The Balaban J connectivity index is 2.02. The third-order valence-electron chi connectivity index (χ3n) is 3.57. The Kier molecular flexibility index (Phi) is 5.84. The van der Waals surface area contributed by atoms with Crippen molar-refractivity contribution in [2.24, 2.45) is 0 Å². The van der Waals surface area contributed by atoms with Crippen LogP contribution in [0.3, 0.4) is 0 Å². The van der Waals surface area contributed by atoms with Crippen molar-refractivity contribution in [3.05, 3.63) is 75.3 Å². The van der Waals surface area contributed by atoms with Gasteiger partial charge < -0.3 is 10.1 Å². The van der Waals surface area contributed by atoms with E-state index in [1.54, 1.807) is 43.3 Å². The summed E-state index contributed by atoms with van der Waals surface area (Å²) >= 11 is 0. The highest BCUT2D eigenvalue weighted by Crippen LogP contribution is 2.22. The van der Waals surface area contributed by atoms with Crippen LogP contribution < -0.4 is 5.32 Å². The molecule has 0 saturated heterocycles. The average Bonchev–Trinajstić information content (AvgIpc) is 2.60. The number of amides is 1. The first-order valence-electron chi connectivity index (χ1n) is 7.65. The molecule has 1 atom stereocenters. The highest BCUT2D eigenvalue weighted by molar-refractivity contribution is 5.89. The summed E-state index contributed by atoms with van der Waals surface area (Å²) in [6, 6.07) is 12.7. The van der Waals surface area contributed by atoms with Crippen molar-refractivity contribution in [3.8, 4) is 0 Å². The fraction of sp³-hybridized carbons (Fsp3) is 0.222. The number of non-ortho nitro benzene ring substituents is 1. The Bertz CT molecular complexity index is 786. The van der Waals surface area contributed by atoms with Crippen molar-refractivity contribution in [2.75, 3.05) is 0 Å². The number of carbonyl (C=O) groups is 2. The SMILES string of the molecule is CC(=O)NCc1ccc(C(=O)OC(C)c2cccc([N+](=O)[O-])c2)cc1. The molecule has 2 aromatic carbocycles. The maximum absolute atomic E-state index is 12.2. The van der Waals surface area contributed by atoms with E-state index in [0.29, 0.717) is 17.7 Å². The quantitative estimate of drug-likeness (QED) is 0.494. The minimum atomic E-state index is -0.619. The maximum atomic E-state index is 12.2. The summed E-state index contributed by atoms with van der Waals surface area (Å²) in [5, 5.41) is 13.5. The number of ether oxygens (including phenoxy) is 1. The van der Waals surface area contributed by atoms with Gasteiger partial charge in [0.25, 0.3) is 5.69 Å². The van der Waals surface area contributed by atoms with E-state index in [9.17, 15) is 19.7 Å². The summed E-state index contributed by atoms with van der Waals surface area (Å²) in [6.45, 7) is 3.47. The third kappa shape index (κ3) is 5.13. The molecule has 7 nitrogen and oxygen atoms in total. The lowest BCUT2D eigenvalue weighted by molar-refractivity contribution is -0.385. The van der Waals surface area contributed by atoms with Gasteiger partial charge in [-0.15, -0.1) is 0 Å². The van der Waals surface area contributed by atoms with E-state index < -0.39 is 17.0 Å². The number of rotatable bonds is 6. The van der Waals surface area contributed by atoms with Crippen molar-refractivity contribution in [1.29, 1.82) is 0 Å². The van der Waals surface area contributed by atoms with E-state index >= 15 is 0 Å². The van der Waals surface area contributed by atoms with Crippen LogP contribution >= 0.6 is 0 Å². The standard InChI is InChI=1S/C18H18N2O5/c1-12(16-4-3-5-17(10-16)20(23)24)25-18(22)15-8-6-14(7-9-15)11-19-13(2)21/h3-10,12H,11H2,1-2H3,(H,19,21). The highest BCUT2D eigenvalue weighted by atomic mass is 16.6. The van der Waals surface area contributed by atoms with E-state index in [-0.39, 0.29) is 11.6 Å². The second-order valence-corrected chi connectivity index (χ2v) is 5.51. The molecule has 0 fully saturated rings. The number of benzene rings is 2. The first-order chi connectivity index (χ1) is 11.9. The summed E-state index contributed by atoms with van der Waals surface area (Å²) in [5.41, 5.74) is 1.72. The van der Waals surface area contributed by atoms with Crippen molar-refractivity contribution in [3.63, 3.8) is 0 Å². The fourth-order valence-corrected chi connectivity index (χ4v) is 2.17. The predicted octanol–water partition coefficient (Wildman–Crippen LogP) is 3.15. The summed E-state index contributed by atoms with van der Waals surface area (Å²) < 4.78 is 5.36. The number of carbonyl (C=O) groups excluding carboxylic acids is 2. The zero-order valence-corrected chi connectivity index (χ0v) is 13.9. The monoisotopic (exact) mass is 342 g/mol. The molecule has 1 N–H and O–H groups in total. The summed E-state index contributed by atoms with van der Waals surface area (Å²) in [4.78, 5) is 33.4. The smallest absolute Gasteiger partial charge is 0.338 e. The van der Waals surface area contributed by atoms with Gasteiger partial charge in [-0.1, -0.05) is 24.3 Å². The molecule has 0 heterocycles. The summed E-state index contributed by atoms with van der Waals surface area (Å²) in [6.07, 6.45) is -0.619. The lowest BCUT2D eigenvalue weighted by Crippen LogP contribution is -2.18. The second kappa shape index (κ2) is 8.05. The van der Waals surface area contributed by atoms with Gasteiger partial charge in [-0.2, -0.15) is 0 Å². The molecular weight excluding hydrogens is 324 g/mol. The van der Waals surface area contributed by atoms with Gasteiger partial charge in [-0.3, -0.25) is 14.9 Å². The molecule has 0 saturated carbocycles. The molecule has 1 amide bonds. The number of nitro groups is 1. The van der Waals surface area contributed by atoms with Gasteiger partial charge in [0.2, 0.25) is 5.91 Å². The molecule has 25 heavy (non-hydrogen) atoms. The van der Waals surface area contributed by atoms with E-state index in [4.69, 9.17) is 4.74 Å². The molecule has 0 aromatic heterocycles. The van der Waals surface area contributed by atoms with E-state index in [1.165, 1.54) is 19.1 Å². The lowest BCUT2D eigenvalue weighted by Gasteiger charge is -2.13. The molecule has 0 aliphatic heterocycles. The van der Waals surface area contributed by atoms with Crippen molar-refractivity contribution in [1.82, 2.24) is 5.32 Å². The van der Waals surface area contributed by atoms with Gasteiger partial charge in [-0.05, 0) is 30.2 Å². The number of nitrogens with zero attached hydrogens (tertiary/aromatic N) is 1. The van der Waals surface area contributed by atoms with E-state index in [2.05, 4.69) is 5.32 Å². The molecule has 0 bridgehead atoms. The second-order valence-electron chi connectivity index (χ2n) is 5.51. The molecule has 0 radical (unpaired) electrons. The van der Waals surface area contributed by atoms with Crippen LogP contribution in [0.5, 0.6) is 0 Å². The highest BCUT2D eigenvalue weighted by Gasteiger charge is 2.16. The third-order valence-corrected chi connectivity index (χ3v) is 3.57. The van der Waals surface area contributed by atoms with Gasteiger partial charge in [0.05, 0.1) is 10.5 Å². The van der Waals surface area contributed by atoms with Crippen LogP contribution in [-0.2, 0) is 16.1 Å². The molecular formula is C18H18N2O5. The molecule has 130 valence electrons. The number of hydrogen-bond donors (Lipinski definition) is 1. The first kappa shape index (κ1) is 18.1. The Morgan fingerprint density at radius 2 is 1.88 bits per heavy atom. The minimum absolute atomic E-state index is 0.0530. The van der Waals surface area contributed by atoms with Crippen LogP contribution in [0.2, 0.25) is 0 Å². The van der Waals surface area contributed by atoms with Crippen LogP contribution in [0.4, 0.5) is 5.69 Å². The van der Waals surface area contributed by atoms with Crippen LogP contribution in [0.1, 0.15) is 41.4 Å². The van der Waals surface area contributed by atoms with Crippen LogP contribution in [0.15, 0.2) is 48.5 Å². The molecule has 0 spiro atoms. The number of nitrogens with one attached hydrogen (secondary N) is 1. The molecule has 0 aliphatic rings. The number of nitro benzene ring substituents is 1. The summed E-state index contributed by atoms with van der Waals surface area (Å²) in [5.74, 6) is -0.653. The Hall–Kier alpha value is -3.22. The molecule has 2 rings (SSSR count). The normalized spacial score (nSPS) is 11.4. The van der Waals surface area contributed by atoms with Crippen molar-refractivity contribution < 1.29 is 19.2 Å². The van der Waals surface area contributed by atoms with Crippen LogP contribution in [0, 0.1) is 10.1 Å². The molecule has 0 aliphatic carbocycles. The van der Waals surface area contributed by atoms with E-state index in [0.717, 1.165) is 5.56 Å². The zero-order valence-electron chi connectivity index (χ0n) is 13.9. The van der Waals surface area contributed by atoms with Crippen molar-refractivity contribution in [2.45, 2.75) is 26.5 Å². The maximum Gasteiger partial charge on any atom is 0.338 e. The molecule has 1 unspecified atom stereocenters. The Morgan fingerprint density at radius 1 is 1.20 bits per heavy atom. The summed E-state index contributed by atoms with van der Waals surface area (Å²) in [7, 11) is 0. The average molecular weight is 342 g/mol. The van der Waals surface area contributed by atoms with E-state index in [1.807, 2.05) is 0 Å². The number of esters is 1. The predicted molar refractivity (Wildman–Crippen MR) is 90.9 cm³/mol. The van der Waals surface area contributed by atoms with Gasteiger partial charge in [0.15, 0.2) is 0 Å². The molecule has 2 aromatic rings. The van der Waals surface area contributed by atoms with Gasteiger partial charge in [0.1, 0.15) is 6.10 Å². The molecule has 7 heteroatoms. The Labute approximate surface area is 144 Å². The largest absolute Gasteiger partial charge is 0.454 e. The van der Waals surface area contributed by atoms with Gasteiger partial charge in [0, 0.05) is 25.6 Å². The zero-order chi connectivity index (χ0) is 18.4. The number of hydrogen-bond acceptors (Lipinski definition) is 5. The first-order valence-corrected chi connectivity index (χ1v) is 7.65. The van der Waals surface area contributed by atoms with Gasteiger partial charge >= 0.3 is 5.97 Å². The topological polar surface area (TPSA) is 98.5 Å². The van der Waals surface area contributed by atoms with Crippen molar-refractivity contribution >= 4 is 17.6 Å². The van der Waals surface area contributed by atoms with Gasteiger partial charge in [-0.25, -0.2) is 4.79 Å². The lowest BCUT2D eigenvalue weighted by atomic mass is 10.1. The minimum Gasteiger partial charge on any atom is -0.454 e. The fourth-order valence-electron chi connectivity index (χ4n) is 2.17. The Morgan fingerprint density at radius 3 is 2.48 bits per heavy atom.